The number of rotatable bonds is 4. The van der Waals surface area contributed by atoms with Crippen LogP contribution in [0.15, 0.2) is 67.1 Å². The minimum atomic E-state index is -0.487. The predicted octanol–water partition coefficient (Wildman–Crippen LogP) is 2.51. The zero-order chi connectivity index (χ0) is 17.2. The summed E-state index contributed by atoms with van der Waals surface area (Å²) in [5.41, 5.74) is 9.13. The minimum absolute atomic E-state index is 0.421. The summed E-state index contributed by atoms with van der Waals surface area (Å²) < 4.78 is 1.80. The van der Waals surface area contributed by atoms with Gasteiger partial charge in [-0.3, -0.25) is 9.36 Å². The normalized spacial score (nSPS) is 10.9. The molecule has 0 saturated heterocycles. The van der Waals surface area contributed by atoms with E-state index in [4.69, 9.17) is 5.73 Å². The summed E-state index contributed by atoms with van der Waals surface area (Å²) in [7, 11) is 0. The number of carbonyl (C=O) groups is 1. The van der Waals surface area contributed by atoms with Crippen LogP contribution in [0.4, 0.5) is 0 Å². The Morgan fingerprint density at radius 3 is 2.64 bits per heavy atom. The van der Waals surface area contributed by atoms with E-state index in [0.717, 1.165) is 11.1 Å². The molecule has 0 spiro atoms. The number of imidazole rings is 1. The van der Waals surface area contributed by atoms with E-state index >= 15 is 0 Å². The van der Waals surface area contributed by atoms with Crippen LogP contribution in [0.25, 0.3) is 17.0 Å². The van der Waals surface area contributed by atoms with Crippen LogP contribution in [0, 0.1) is 0 Å². The van der Waals surface area contributed by atoms with Gasteiger partial charge >= 0.3 is 0 Å². The number of aromatic nitrogens is 4. The lowest BCUT2D eigenvalue weighted by molar-refractivity contribution is 0.0999. The van der Waals surface area contributed by atoms with Crippen LogP contribution in [0.1, 0.15) is 21.6 Å². The van der Waals surface area contributed by atoms with E-state index in [-0.39, 0.29) is 0 Å². The lowest BCUT2D eigenvalue weighted by Gasteiger charge is -2.10. The maximum atomic E-state index is 11.8. The predicted molar refractivity (Wildman–Crippen MR) is 94.4 cm³/mol. The number of pyridine rings is 2. The number of carbonyl (C=O) groups excluding carboxylic acids is 1. The summed E-state index contributed by atoms with van der Waals surface area (Å²) >= 11 is 0. The highest BCUT2D eigenvalue weighted by molar-refractivity contribution is 5.94. The molecule has 6 nitrogen and oxygen atoms in total. The summed E-state index contributed by atoms with van der Waals surface area (Å²) in [6, 6.07) is 17.0. The molecule has 1 amide bonds. The first-order chi connectivity index (χ1) is 12.2. The van der Waals surface area contributed by atoms with E-state index in [1.807, 2.05) is 42.5 Å². The van der Waals surface area contributed by atoms with Crippen LogP contribution in [-0.2, 0) is 6.42 Å². The number of fused-ring (bicyclic) bond motifs is 1. The smallest absolute Gasteiger partial charge is 0.250 e. The molecular formula is C19H15N5O. The Morgan fingerprint density at radius 2 is 1.84 bits per heavy atom. The number of nitrogens with two attached hydrogens (primary N) is 1. The van der Waals surface area contributed by atoms with Gasteiger partial charge in [0.2, 0.25) is 0 Å². The molecule has 0 aliphatic rings. The van der Waals surface area contributed by atoms with E-state index in [2.05, 4.69) is 15.0 Å². The van der Waals surface area contributed by atoms with Gasteiger partial charge in [-0.2, -0.15) is 0 Å². The van der Waals surface area contributed by atoms with Crippen LogP contribution >= 0.6 is 0 Å². The Hall–Kier alpha value is -3.54. The molecule has 4 aromatic rings. The van der Waals surface area contributed by atoms with Gasteiger partial charge in [-0.15, -0.1) is 0 Å². The molecule has 0 radical (unpaired) electrons. The second-order valence-electron chi connectivity index (χ2n) is 5.65. The maximum Gasteiger partial charge on any atom is 0.250 e. The van der Waals surface area contributed by atoms with Gasteiger partial charge in [0.1, 0.15) is 17.7 Å². The third kappa shape index (κ3) is 2.85. The highest BCUT2D eigenvalue weighted by Gasteiger charge is 2.14. The van der Waals surface area contributed by atoms with Crippen molar-refractivity contribution in [1.82, 2.24) is 19.5 Å². The molecule has 1 aromatic carbocycles. The third-order valence-corrected chi connectivity index (χ3v) is 3.99. The molecule has 0 fully saturated rings. The minimum Gasteiger partial charge on any atom is -0.366 e. The summed E-state index contributed by atoms with van der Waals surface area (Å²) in [5, 5.41) is 0. The molecule has 3 aromatic heterocycles. The first kappa shape index (κ1) is 15.0. The third-order valence-electron chi connectivity index (χ3n) is 3.99. The molecule has 2 N–H and O–H groups in total. The van der Waals surface area contributed by atoms with Crippen molar-refractivity contribution in [3.63, 3.8) is 0 Å². The largest absolute Gasteiger partial charge is 0.366 e. The lowest BCUT2D eigenvalue weighted by Crippen LogP contribution is -2.16. The molecule has 6 heteroatoms. The monoisotopic (exact) mass is 329 g/mol. The van der Waals surface area contributed by atoms with Gasteiger partial charge in [0.25, 0.3) is 5.91 Å². The number of hydrogen-bond acceptors (Lipinski definition) is 4. The molecule has 4 rings (SSSR count). The zero-order valence-electron chi connectivity index (χ0n) is 13.3. The molecule has 0 unspecified atom stereocenters. The highest BCUT2D eigenvalue weighted by Crippen LogP contribution is 2.18. The van der Waals surface area contributed by atoms with Gasteiger partial charge in [-0.1, -0.05) is 30.3 Å². The molecule has 0 aliphatic heterocycles. The fourth-order valence-corrected chi connectivity index (χ4v) is 2.79. The summed E-state index contributed by atoms with van der Waals surface area (Å²) in [4.78, 5) is 25.1. The molecule has 0 atom stereocenters. The number of hydrogen-bond donors (Lipinski definition) is 1. The fourth-order valence-electron chi connectivity index (χ4n) is 2.79. The summed E-state index contributed by atoms with van der Waals surface area (Å²) in [6.07, 6.45) is 3.91. The Balaban J connectivity index is 1.82. The van der Waals surface area contributed by atoms with Crippen LogP contribution < -0.4 is 5.73 Å². The van der Waals surface area contributed by atoms with Crippen molar-refractivity contribution < 1.29 is 4.79 Å². The molecule has 0 bridgehead atoms. The topological polar surface area (TPSA) is 86.7 Å². The van der Waals surface area contributed by atoms with Crippen LogP contribution in [-0.4, -0.2) is 25.4 Å². The quantitative estimate of drug-likeness (QED) is 0.623. The number of nitrogens with zero attached hydrogens (tertiary/aromatic N) is 4. The first-order valence-electron chi connectivity index (χ1n) is 7.84. The van der Waals surface area contributed by atoms with Gasteiger partial charge in [0.15, 0.2) is 5.65 Å². The number of amides is 1. The lowest BCUT2D eigenvalue weighted by atomic mass is 10.0. The Bertz CT molecular complexity index is 1060. The van der Waals surface area contributed by atoms with Crippen molar-refractivity contribution >= 4 is 17.1 Å². The van der Waals surface area contributed by atoms with Crippen molar-refractivity contribution in [2.24, 2.45) is 5.73 Å². The number of primary amides is 1. The standard InChI is InChI=1S/C19H15N5O/c20-18(25)14-8-9-17(23-16(14)11-13-5-2-1-3-6-13)24-12-22-15-7-4-10-21-19(15)24/h1-10,12H,11H2,(H2,20,25). The fraction of sp³-hybridized carbons (Fsp3) is 0.0526. The van der Waals surface area contributed by atoms with Gasteiger partial charge in [-0.25, -0.2) is 15.0 Å². The van der Waals surface area contributed by atoms with Gasteiger partial charge in [-0.05, 0) is 29.8 Å². The second kappa shape index (κ2) is 6.16. The van der Waals surface area contributed by atoms with Crippen LogP contribution in [0.2, 0.25) is 0 Å². The van der Waals surface area contributed by atoms with E-state index in [9.17, 15) is 4.79 Å². The van der Waals surface area contributed by atoms with E-state index in [1.165, 1.54) is 0 Å². The molecule has 122 valence electrons. The number of benzene rings is 1. The van der Waals surface area contributed by atoms with Crippen molar-refractivity contribution in [3.05, 3.63) is 83.9 Å². The van der Waals surface area contributed by atoms with E-state index in [0.29, 0.717) is 29.1 Å². The van der Waals surface area contributed by atoms with Crippen molar-refractivity contribution in [2.75, 3.05) is 0 Å². The Morgan fingerprint density at radius 1 is 1.00 bits per heavy atom. The van der Waals surface area contributed by atoms with Crippen LogP contribution in [0.5, 0.6) is 0 Å². The molecule has 3 heterocycles. The first-order valence-corrected chi connectivity index (χ1v) is 7.84. The Labute approximate surface area is 144 Å². The summed E-state index contributed by atoms with van der Waals surface area (Å²) in [6.45, 7) is 0. The van der Waals surface area contributed by atoms with Crippen molar-refractivity contribution in [3.8, 4) is 5.82 Å². The average Bonchev–Trinajstić information content (AvgIpc) is 3.06. The molecule has 0 aliphatic carbocycles. The van der Waals surface area contributed by atoms with Gasteiger partial charge < -0.3 is 5.73 Å². The van der Waals surface area contributed by atoms with E-state index < -0.39 is 5.91 Å². The zero-order valence-corrected chi connectivity index (χ0v) is 13.3. The Kier molecular flexibility index (Phi) is 3.70. The SMILES string of the molecule is NC(=O)c1ccc(-n2cnc3cccnc32)nc1Cc1ccccc1. The highest BCUT2D eigenvalue weighted by atomic mass is 16.1. The molecular weight excluding hydrogens is 314 g/mol. The molecule has 0 saturated carbocycles. The van der Waals surface area contributed by atoms with Gasteiger partial charge in [0, 0.05) is 12.6 Å². The molecule has 25 heavy (non-hydrogen) atoms. The van der Waals surface area contributed by atoms with Gasteiger partial charge in [0.05, 0.1) is 11.3 Å². The van der Waals surface area contributed by atoms with Crippen molar-refractivity contribution in [1.29, 1.82) is 0 Å². The van der Waals surface area contributed by atoms with Crippen molar-refractivity contribution in [2.45, 2.75) is 6.42 Å². The van der Waals surface area contributed by atoms with E-state index in [1.54, 1.807) is 29.2 Å². The van der Waals surface area contributed by atoms with Crippen LogP contribution in [0.3, 0.4) is 0 Å². The summed E-state index contributed by atoms with van der Waals surface area (Å²) in [5.74, 6) is 0.163. The average molecular weight is 329 g/mol. The maximum absolute atomic E-state index is 11.8. The second-order valence-corrected chi connectivity index (χ2v) is 5.65.